The Labute approximate surface area is 125 Å². The van der Waals surface area contributed by atoms with Crippen LogP contribution in [0, 0.1) is 6.92 Å². The monoisotopic (exact) mass is 316 g/mol. The number of H-pyrrole nitrogens is 1. The predicted molar refractivity (Wildman–Crippen MR) is 74.5 cm³/mol. The molecule has 5 atom stereocenters. The Morgan fingerprint density at radius 2 is 2.14 bits per heavy atom. The van der Waals surface area contributed by atoms with E-state index in [2.05, 4.69) is 4.98 Å². The zero-order valence-electron chi connectivity index (χ0n) is 12.5. The average Bonchev–Trinajstić information content (AvgIpc) is 2.75. The van der Waals surface area contributed by atoms with Crippen molar-refractivity contribution in [1.82, 2.24) is 9.55 Å². The number of aryl methyl sites for hydroxylation is 1. The summed E-state index contributed by atoms with van der Waals surface area (Å²) in [4.78, 5) is 25.8. The van der Waals surface area contributed by atoms with Gasteiger partial charge >= 0.3 is 5.69 Å². The van der Waals surface area contributed by atoms with Gasteiger partial charge in [0.05, 0.1) is 6.61 Å². The Kier molecular flexibility index (Phi) is 4.54. The molecule has 22 heavy (non-hydrogen) atoms. The number of hydrogen-bond acceptors (Lipinski definition) is 7. The van der Waals surface area contributed by atoms with Crippen LogP contribution in [-0.2, 0) is 15.2 Å². The summed E-state index contributed by atoms with van der Waals surface area (Å²) in [6.45, 7) is 2.48. The zero-order valence-corrected chi connectivity index (χ0v) is 12.5. The van der Waals surface area contributed by atoms with Gasteiger partial charge < -0.3 is 24.8 Å². The topological polar surface area (TPSA) is 134 Å². The van der Waals surface area contributed by atoms with E-state index in [-0.39, 0.29) is 5.56 Å². The number of methoxy groups -OCH3 is 1. The molecule has 0 bridgehead atoms. The van der Waals surface area contributed by atoms with Gasteiger partial charge in [0.2, 0.25) is 5.72 Å². The van der Waals surface area contributed by atoms with Crippen LogP contribution in [0.1, 0.15) is 12.5 Å². The van der Waals surface area contributed by atoms with Gasteiger partial charge in [-0.2, -0.15) is 0 Å². The molecule has 0 aromatic carbocycles. The molecule has 0 aliphatic carbocycles. The smallest absolute Gasteiger partial charge is 0.330 e. The van der Waals surface area contributed by atoms with E-state index < -0.39 is 48.0 Å². The van der Waals surface area contributed by atoms with Gasteiger partial charge in [0.25, 0.3) is 5.56 Å². The molecule has 1 aliphatic heterocycles. The molecule has 2 rings (SSSR count). The molecule has 1 aliphatic rings. The van der Waals surface area contributed by atoms with Crippen molar-refractivity contribution >= 4 is 0 Å². The van der Waals surface area contributed by atoms with Gasteiger partial charge in [0.15, 0.2) is 0 Å². The molecule has 0 saturated carbocycles. The number of hydrogen-bond donors (Lipinski definition) is 4. The molecular weight excluding hydrogens is 296 g/mol. The summed E-state index contributed by atoms with van der Waals surface area (Å²) < 4.78 is 11.8. The van der Waals surface area contributed by atoms with Gasteiger partial charge in [-0.25, -0.2) is 4.79 Å². The lowest BCUT2D eigenvalue weighted by Crippen LogP contribution is -2.58. The van der Waals surface area contributed by atoms with Crippen molar-refractivity contribution in [3.05, 3.63) is 32.6 Å². The minimum absolute atomic E-state index is 0.222. The van der Waals surface area contributed by atoms with Gasteiger partial charge in [0.1, 0.15) is 24.4 Å². The number of ether oxygens (including phenoxy) is 2. The number of aliphatic hydroxyl groups is 3. The third-order valence-electron chi connectivity index (χ3n) is 4.08. The van der Waals surface area contributed by atoms with Crippen LogP contribution in [-0.4, -0.2) is 63.0 Å². The average molecular weight is 316 g/mol. The summed E-state index contributed by atoms with van der Waals surface area (Å²) >= 11 is 0. The standard InChI is InChI=1S/C13H20N2O7/c1-6-4-15(12(20)14-11(6)19)13(7(2)21-3)10(18)9(17)8(5-16)22-13/h4,7-10,16-18H,5H2,1-3H3,(H,14,19,20)/t7?,8-,9-,10-,13-/m1/s1. The van der Waals surface area contributed by atoms with E-state index in [1.807, 2.05) is 0 Å². The van der Waals surface area contributed by atoms with Crippen LogP contribution in [0.15, 0.2) is 15.8 Å². The molecule has 0 radical (unpaired) electrons. The molecule has 0 spiro atoms. The third-order valence-corrected chi connectivity index (χ3v) is 4.08. The molecular formula is C13H20N2O7. The Morgan fingerprint density at radius 1 is 1.50 bits per heavy atom. The molecule has 9 heteroatoms. The molecule has 0 amide bonds. The summed E-state index contributed by atoms with van der Waals surface area (Å²) in [6.07, 6.45) is -3.67. The van der Waals surface area contributed by atoms with Crippen LogP contribution in [0.5, 0.6) is 0 Å². The largest absolute Gasteiger partial charge is 0.394 e. The fourth-order valence-electron chi connectivity index (χ4n) is 2.70. The van der Waals surface area contributed by atoms with E-state index in [9.17, 15) is 24.9 Å². The van der Waals surface area contributed by atoms with Gasteiger partial charge in [-0.15, -0.1) is 0 Å². The number of aromatic amines is 1. The number of aromatic nitrogens is 2. The van der Waals surface area contributed by atoms with Crippen molar-refractivity contribution < 1.29 is 24.8 Å². The second-order valence-electron chi connectivity index (χ2n) is 5.35. The molecule has 124 valence electrons. The summed E-state index contributed by atoms with van der Waals surface area (Å²) in [5, 5.41) is 29.7. The van der Waals surface area contributed by atoms with Gasteiger partial charge in [-0.1, -0.05) is 0 Å². The van der Waals surface area contributed by atoms with E-state index in [0.29, 0.717) is 0 Å². The predicted octanol–water partition coefficient (Wildman–Crippen LogP) is -2.35. The lowest BCUT2D eigenvalue weighted by Gasteiger charge is -2.38. The highest BCUT2D eigenvalue weighted by molar-refractivity contribution is 5.09. The molecule has 4 N–H and O–H groups in total. The van der Waals surface area contributed by atoms with Crippen molar-refractivity contribution in [3.63, 3.8) is 0 Å². The minimum Gasteiger partial charge on any atom is -0.394 e. The fourth-order valence-corrected chi connectivity index (χ4v) is 2.70. The van der Waals surface area contributed by atoms with Gasteiger partial charge in [-0.3, -0.25) is 14.3 Å². The second kappa shape index (κ2) is 5.94. The molecule has 1 saturated heterocycles. The highest BCUT2D eigenvalue weighted by Crippen LogP contribution is 2.38. The lowest BCUT2D eigenvalue weighted by atomic mass is 9.97. The maximum Gasteiger partial charge on any atom is 0.330 e. The highest BCUT2D eigenvalue weighted by atomic mass is 16.6. The Bertz CT molecular complexity index is 655. The Balaban J connectivity index is 2.70. The van der Waals surface area contributed by atoms with E-state index in [4.69, 9.17) is 9.47 Å². The SMILES string of the molecule is COC(C)[C@@]1(n2cc(C)c(=O)[nH]c2=O)O[C@H](CO)[C@@H](O)[C@H]1O. The van der Waals surface area contributed by atoms with Crippen molar-refractivity contribution in [2.75, 3.05) is 13.7 Å². The number of rotatable bonds is 4. The summed E-state index contributed by atoms with van der Waals surface area (Å²) in [5.41, 5.74) is -2.93. The highest BCUT2D eigenvalue weighted by Gasteiger charge is 2.59. The Hall–Kier alpha value is -1.52. The summed E-state index contributed by atoms with van der Waals surface area (Å²) in [5.74, 6) is 0. The van der Waals surface area contributed by atoms with Crippen molar-refractivity contribution in [2.24, 2.45) is 0 Å². The third kappa shape index (κ3) is 2.31. The van der Waals surface area contributed by atoms with Crippen LogP contribution in [0.2, 0.25) is 0 Å². The molecule has 1 unspecified atom stereocenters. The number of aliphatic hydroxyl groups excluding tert-OH is 3. The maximum absolute atomic E-state index is 12.2. The van der Waals surface area contributed by atoms with Crippen LogP contribution in [0.3, 0.4) is 0 Å². The number of nitrogens with zero attached hydrogens (tertiary/aromatic N) is 1. The minimum atomic E-state index is -1.77. The van der Waals surface area contributed by atoms with Crippen LogP contribution in [0.4, 0.5) is 0 Å². The second-order valence-corrected chi connectivity index (χ2v) is 5.35. The molecule has 1 aromatic rings. The molecule has 2 heterocycles. The van der Waals surface area contributed by atoms with Crippen LogP contribution in [0.25, 0.3) is 0 Å². The van der Waals surface area contributed by atoms with Crippen molar-refractivity contribution in [3.8, 4) is 0 Å². The normalized spacial score (nSPS) is 33.1. The summed E-state index contributed by atoms with van der Waals surface area (Å²) in [6, 6.07) is 0. The first-order valence-corrected chi connectivity index (χ1v) is 6.80. The van der Waals surface area contributed by atoms with Gasteiger partial charge in [-0.05, 0) is 13.8 Å². The molecule has 1 aromatic heterocycles. The maximum atomic E-state index is 12.2. The lowest BCUT2D eigenvalue weighted by molar-refractivity contribution is -0.212. The molecule has 9 nitrogen and oxygen atoms in total. The van der Waals surface area contributed by atoms with E-state index >= 15 is 0 Å². The van der Waals surface area contributed by atoms with Crippen LogP contribution < -0.4 is 11.2 Å². The van der Waals surface area contributed by atoms with Crippen molar-refractivity contribution in [1.29, 1.82) is 0 Å². The van der Waals surface area contributed by atoms with E-state index in [1.54, 1.807) is 6.92 Å². The Morgan fingerprint density at radius 3 is 2.64 bits per heavy atom. The van der Waals surface area contributed by atoms with E-state index in [1.165, 1.54) is 20.2 Å². The molecule has 1 fully saturated rings. The number of nitrogens with one attached hydrogen (secondary N) is 1. The van der Waals surface area contributed by atoms with Crippen molar-refractivity contribution in [2.45, 2.75) is 44.0 Å². The first-order chi connectivity index (χ1) is 10.3. The summed E-state index contributed by atoms with van der Waals surface area (Å²) in [7, 11) is 1.35. The van der Waals surface area contributed by atoms with E-state index in [0.717, 1.165) is 4.57 Å². The first kappa shape index (κ1) is 16.8. The van der Waals surface area contributed by atoms with Gasteiger partial charge in [0, 0.05) is 18.9 Å². The van der Waals surface area contributed by atoms with Crippen LogP contribution >= 0.6 is 0 Å². The zero-order chi connectivity index (χ0) is 16.7. The quantitative estimate of drug-likeness (QED) is 0.488. The first-order valence-electron chi connectivity index (χ1n) is 6.80. The fraction of sp³-hybridized carbons (Fsp3) is 0.692.